The minimum absolute atomic E-state index is 0.923. The molecule has 0 atom stereocenters. The molecule has 1 aromatic heterocycles. The van der Waals surface area contributed by atoms with Crippen LogP contribution in [-0.2, 0) is 13.1 Å². The number of rotatable bonds is 6. The standard InChI is InChI=1S/C14H19N3S/c1-3-15-14-16-9-13(18-14)11-17(2)10-12-7-5-4-6-8-12/h4-9H,3,10-11H2,1-2H3,(H,15,16). The van der Waals surface area contributed by atoms with Crippen molar-refractivity contribution < 1.29 is 0 Å². The molecule has 0 amide bonds. The molecular formula is C14H19N3S. The van der Waals surface area contributed by atoms with Crippen LogP contribution in [0.5, 0.6) is 0 Å². The van der Waals surface area contributed by atoms with Crippen LogP contribution in [0.4, 0.5) is 5.13 Å². The Morgan fingerprint density at radius 1 is 1.22 bits per heavy atom. The van der Waals surface area contributed by atoms with Gasteiger partial charge in [0.2, 0.25) is 0 Å². The van der Waals surface area contributed by atoms with Gasteiger partial charge in [-0.25, -0.2) is 4.98 Å². The van der Waals surface area contributed by atoms with Crippen LogP contribution in [0, 0.1) is 0 Å². The fourth-order valence-corrected chi connectivity index (χ4v) is 2.79. The smallest absolute Gasteiger partial charge is 0.182 e. The summed E-state index contributed by atoms with van der Waals surface area (Å²) in [5.41, 5.74) is 1.34. The summed E-state index contributed by atoms with van der Waals surface area (Å²) in [5.74, 6) is 0. The molecule has 4 heteroatoms. The summed E-state index contributed by atoms with van der Waals surface area (Å²) in [5, 5.41) is 4.25. The lowest BCUT2D eigenvalue weighted by Gasteiger charge is -2.15. The van der Waals surface area contributed by atoms with Gasteiger partial charge in [-0.15, -0.1) is 11.3 Å². The lowest BCUT2D eigenvalue weighted by molar-refractivity contribution is 0.322. The molecule has 0 unspecified atom stereocenters. The van der Waals surface area contributed by atoms with E-state index in [0.717, 1.165) is 24.8 Å². The third-order valence-corrected chi connectivity index (χ3v) is 3.54. The van der Waals surface area contributed by atoms with Crippen LogP contribution in [0.2, 0.25) is 0 Å². The Morgan fingerprint density at radius 2 is 2.00 bits per heavy atom. The molecule has 0 aliphatic heterocycles. The van der Waals surface area contributed by atoms with Crippen LogP contribution in [0.25, 0.3) is 0 Å². The average Bonchev–Trinajstić information content (AvgIpc) is 2.78. The van der Waals surface area contributed by atoms with Crippen LogP contribution in [-0.4, -0.2) is 23.5 Å². The highest BCUT2D eigenvalue weighted by atomic mass is 32.1. The molecule has 1 N–H and O–H groups in total. The van der Waals surface area contributed by atoms with E-state index in [9.17, 15) is 0 Å². The molecule has 1 heterocycles. The van der Waals surface area contributed by atoms with Crippen molar-refractivity contribution in [2.24, 2.45) is 0 Å². The molecule has 18 heavy (non-hydrogen) atoms. The van der Waals surface area contributed by atoms with Gasteiger partial charge in [0.15, 0.2) is 5.13 Å². The minimum Gasteiger partial charge on any atom is -0.362 e. The van der Waals surface area contributed by atoms with Crippen molar-refractivity contribution in [3.05, 3.63) is 47.0 Å². The van der Waals surface area contributed by atoms with E-state index in [1.165, 1.54) is 10.4 Å². The quantitative estimate of drug-likeness (QED) is 0.865. The summed E-state index contributed by atoms with van der Waals surface area (Å²) in [7, 11) is 2.14. The number of anilines is 1. The second kappa shape index (κ2) is 6.52. The first kappa shape index (κ1) is 13.1. The number of aromatic nitrogens is 1. The minimum atomic E-state index is 0.923. The predicted octanol–water partition coefficient (Wildman–Crippen LogP) is 3.21. The zero-order valence-corrected chi connectivity index (χ0v) is 11.7. The van der Waals surface area contributed by atoms with Crippen molar-refractivity contribution in [2.45, 2.75) is 20.0 Å². The van der Waals surface area contributed by atoms with Crippen LogP contribution in [0.15, 0.2) is 36.5 Å². The van der Waals surface area contributed by atoms with E-state index >= 15 is 0 Å². The van der Waals surface area contributed by atoms with E-state index in [-0.39, 0.29) is 0 Å². The monoisotopic (exact) mass is 261 g/mol. The van der Waals surface area contributed by atoms with E-state index < -0.39 is 0 Å². The van der Waals surface area contributed by atoms with Crippen molar-refractivity contribution in [2.75, 3.05) is 18.9 Å². The maximum absolute atomic E-state index is 4.35. The van der Waals surface area contributed by atoms with Gasteiger partial charge in [0.1, 0.15) is 0 Å². The lowest BCUT2D eigenvalue weighted by Crippen LogP contribution is -2.16. The van der Waals surface area contributed by atoms with E-state index in [4.69, 9.17) is 0 Å². The fourth-order valence-electron chi connectivity index (χ4n) is 1.83. The van der Waals surface area contributed by atoms with Gasteiger partial charge in [0.25, 0.3) is 0 Å². The molecule has 0 aliphatic carbocycles. The Morgan fingerprint density at radius 3 is 2.72 bits per heavy atom. The van der Waals surface area contributed by atoms with Crippen molar-refractivity contribution >= 4 is 16.5 Å². The highest BCUT2D eigenvalue weighted by molar-refractivity contribution is 7.15. The molecule has 0 saturated heterocycles. The number of hydrogen-bond donors (Lipinski definition) is 1. The van der Waals surface area contributed by atoms with Crippen LogP contribution in [0.1, 0.15) is 17.4 Å². The Hall–Kier alpha value is -1.39. The Labute approximate surface area is 112 Å². The first-order valence-electron chi connectivity index (χ1n) is 6.19. The SMILES string of the molecule is CCNc1ncc(CN(C)Cc2ccccc2)s1. The third-order valence-electron chi connectivity index (χ3n) is 2.60. The van der Waals surface area contributed by atoms with E-state index in [0.29, 0.717) is 0 Å². The summed E-state index contributed by atoms with van der Waals surface area (Å²) in [4.78, 5) is 7.95. The molecule has 0 aliphatic rings. The molecule has 2 rings (SSSR count). The maximum atomic E-state index is 4.35. The summed E-state index contributed by atoms with van der Waals surface area (Å²) in [6, 6.07) is 10.5. The first-order chi connectivity index (χ1) is 8.78. The van der Waals surface area contributed by atoms with Crippen LogP contribution >= 0.6 is 11.3 Å². The number of hydrogen-bond acceptors (Lipinski definition) is 4. The highest BCUT2D eigenvalue weighted by Crippen LogP contribution is 2.19. The molecule has 1 aromatic carbocycles. The van der Waals surface area contributed by atoms with Crippen LogP contribution in [0.3, 0.4) is 0 Å². The highest BCUT2D eigenvalue weighted by Gasteiger charge is 2.05. The first-order valence-corrected chi connectivity index (χ1v) is 7.00. The number of benzene rings is 1. The largest absolute Gasteiger partial charge is 0.362 e. The van der Waals surface area contributed by atoms with Crippen molar-refractivity contribution in [1.82, 2.24) is 9.88 Å². The Kier molecular flexibility index (Phi) is 4.73. The van der Waals surface area contributed by atoms with Gasteiger partial charge in [-0.05, 0) is 19.5 Å². The summed E-state index contributed by atoms with van der Waals surface area (Å²) in [6.45, 7) is 4.92. The molecule has 96 valence electrons. The van der Waals surface area contributed by atoms with Gasteiger partial charge in [0, 0.05) is 30.7 Å². The summed E-state index contributed by atoms with van der Waals surface area (Å²) in [6.07, 6.45) is 1.96. The maximum Gasteiger partial charge on any atom is 0.182 e. The van der Waals surface area contributed by atoms with Gasteiger partial charge >= 0.3 is 0 Å². The normalized spacial score (nSPS) is 10.8. The van der Waals surface area contributed by atoms with Crippen molar-refractivity contribution in [3.63, 3.8) is 0 Å². The van der Waals surface area contributed by atoms with Crippen molar-refractivity contribution in [1.29, 1.82) is 0 Å². The zero-order valence-electron chi connectivity index (χ0n) is 10.9. The fraction of sp³-hybridized carbons (Fsp3) is 0.357. The topological polar surface area (TPSA) is 28.2 Å². The molecule has 0 spiro atoms. The molecule has 2 aromatic rings. The zero-order chi connectivity index (χ0) is 12.8. The van der Waals surface area contributed by atoms with Gasteiger partial charge in [-0.3, -0.25) is 4.90 Å². The summed E-state index contributed by atoms with van der Waals surface area (Å²) >= 11 is 1.73. The molecule has 3 nitrogen and oxygen atoms in total. The third kappa shape index (κ3) is 3.82. The van der Waals surface area contributed by atoms with Crippen LogP contribution < -0.4 is 5.32 Å². The number of nitrogens with one attached hydrogen (secondary N) is 1. The van der Waals surface area contributed by atoms with Crippen molar-refractivity contribution in [3.8, 4) is 0 Å². The number of thiazole rings is 1. The molecule has 0 fully saturated rings. The lowest BCUT2D eigenvalue weighted by atomic mass is 10.2. The average molecular weight is 261 g/mol. The molecule has 0 saturated carbocycles. The summed E-state index contributed by atoms with van der Waals surface area (Å²) < 4.78 is 0. The molecular weight excluding hydrogens is 242 g/mol. The predicted molar refractivity (Wildman–Crippen MR) is 77.9 cm³/mol. The molecule has 0 bridgehead atoms. The van der Waals surface area contributed by atoms with Gasteiger partial charge in [-0.1, -0.05) is 30.3 Å². The Balaban J connectivity index is 1.88. The van der Waals surface area contributed by atoms with Gasteiger partial charge < -0.3 is 5.32 Å². The number of nitrogens with zero attached hydrogens (tertiary/aromatic N) is 2. The van der Waals surface area contributed by atoms with Gasteiger partial charge in [0.05, 0.1) is 0 Å². The van der Waals surface area contributed by atoms with E-state index in [2.05, 4.69) is 59.5 Å². The van der Waals surface area contributed by atoms with E-state index in [1.54, 1.807) is 11.3 Å². The second-order valence-corrected chi connectivity index (χ2v) is 5.44. The van der Waals surface area contributed by atoms with Gasteiger partial charge in [-0.2, -0.15) is 0 Å². The second-order valence-electron chi connectivity index (χ2n) is 4.32. The molecule has 0 radical (unpaired) electrons. The van der Waals surface area contributed by atoms with E-state index in [1.807, 2.05) is 6.20 Å². The Bertz CT molecular complexity index is 467.